The molecule has 0 fully saturated rings. The van der Waals surface area contributed by atoms with E-state index in [0.717, 1.165) is 5.56 Å². The molecule has 1 heterocycles. The Kier molecular flexibility index (Phi) is 4.25. The summed E-state index contributed by atoms with van der Waals surface area (Å²) >= 11 is 0. The SMILES string of the molecule is CCN1C(=O)C(C)Oc2ccc(NC(=O)c3cccc(C)c3)cc21. The topological polar surface area (TPSA) is 58.6 Å². The number of hydrogen-bond donors (Lipinski definition) is 1. The molecule has 0 radical (unpaired) electrons. The first-order valence-corrected chi connectivity index (χ1v) is 7.99. The summed E-state index contributed by atoms with van der Waals surface area (Å²) in [4.78, 5) is 26.3. The van der Waals surface area contributed by atoms with Gasteiger partial charge in [-0.3, -0.25) is 9.59 Å². The highest BCUT2D eigenvalue weighted by molar-refractivity contribution is 6.05. The third kappa shape index (κ3) is 2.97. The summed E-state index contributed by atoms with van der Waals surface area (Å²) in [6.45, 7) is 6.15. The highest BCUT2D eigenvalue weighted by Crippen LogP contribution is 2.36. The maximum Gasteiger partial charge on any atom is 0.267 e. The van der Waals surface area contributed by atoms with Gasteiger partial charge in [-0.15, -0.1) is 0 Å². The van der Waals surface area contributed by atoms with E-state index < -0.39 is 6.10 Å². The summed E-state index contributed by atoms with van der Waals surface area (Å²) < 4.78 is 5.63. The van der Waals surface area contributed by atoms with Gasteiger partial charge in [0.2, 0.25) is 0 Å². The van der Waals surface area contributed by atoms with Crippen molar-refractivity contribution >= 4 is 23.2 Å². The van der Waals surface area contributed by atoms with Crippen LogP contribution in [-0.2, 0) is 4.79 Å². The lowest BCUT2D eigenvalue weighted by atomic mass is 10.1. The number of anilines is 2. The van der Waals surface area contributed by atoms with Crippen molar-refractivity contribution in [2.75, 3.05) is 16.8 Å². The van der Waals surface area contributed by atoms with Crippen molar-refractivity contribution in [1.29, 1.82) is 0 Å². The zero-order valence-corrected chi connectivity index (χ0v) is 14.0. The molecule has 1 aliphatic heterocycles. The van der Waals surface area contributed by atoms with Crippen molar-refractivity contribution < 1.29 is 14.3 Å². The third-order valence-electron chi connectivity index (χ3n) is 4.02. The maximum atomic E-state index is 12.4. The smallest absolute Gasteiger partial charge is 0.267 e. The van der Waals surface area contributed by atoms with E-state index in [1.807, 2.05) is 32.0 Å². The first kappa shape index (κ1) is 16.1. The number of benzene rings is 2. The molecule has 0 bridgehead atoms. The van der Waals surface area contributed by atoms with Crippen LogP contribution in [0.4, 0.5) is 11.4 Å². The molecule has 1 unspecified atom stereocenters. The molecule has 5 nitrogen and oxygen atoms in total. The highest BCUT2D eigenvalue weighted by atomic mass is 16.5. The van der Waals surface area contributed by atoms with Gasteiger partial charge in [-0.25, -0.2) is 0 Å². The molecule has 124 valence electrons. The Balaban J connectivity index is 1.87. The molecule has 1 atom stereocenters. The number of carbonyl (C=O) groups is 2. The second kappa shape index (κ2) is 6.35. The van der Waals surface area contributed by atoms with Crippen LogP contribution >= 0.6 is 0 Å². The van der Waals surface area contributed by atoms with Crippen LogP contribution in [0.2, 0.25) is 0 Å². The van der Waals surface area contributed by atoms with Crippen LogP contribution in [0.15, 0.2) is 42.5 Å². The Hall–Kier alpha value is -2.82. The van der Waals surface area contributed by atoms with Gasteiger partial charge in [0, 0.05) is 17.8 Å². The number of aryl methyl sites for hydroxylation is 1. The van der Waals surface area contributed by atoms with Crippen LogP contribution < -0.4 is 15.0 Å². The number of fused-ring (bicyclic) bond motifs is 1. The lowest BCUT2D eigenvalue weighted by Gasteiger charge is -2.32. The summed E-state index contributed by atoms with van der Waals surface area (Å²) in [5.41, 5.74) is 2.94. The molecule has 3 rings (SSSR count). The molecule has 2 amide bonds. The van der Waals surface area contributed by atoms with E-state index in [-0.39, 0.29) is 11.8 Å². The minimum atomic E-state index is -0.495. The summed E-state index contributed by atoms with van der Waals surface area (Å²) in [6, 6.07) is 12.7. The normalized spacial score (nSPS) is 16.4. The molecule has 0 saturated carbocycles. The fourth-order valence-electron chi connectivity index (χ4n) is 2.80. The van der Waals surface area contributed by atoms with Crippen LogP contribution in [0.5, 0.6) is 5.75 Å². The molecule has 0 aromatic heterocycles. The number of carbonyl (C=O) groups excluding carboxylic acids is 2. The molecule has 5 heteroatoms. The van der Waals surface area contributed by atoms with Gasteiger partial charge in [-0.2, -0.15) is 0 Å². The van der Waals surface area contributed by atoms with Gasteiger partial charge in [0.05, 0.1) is 5.69 Å². The fourth-order valence-corrected chi connectivity index (χ4v) is 2.80. The number of ether oxygens (including phenoxy) is 1. The molecule has 0 spiro atoms. The van der Waals surface area contributed by atoms with E-state index in [0.29, 0.717) is 29.2 Å². The minimum Gasteiger partial charge on any atom is -0.479 e. The Bertz CT molecular complexity index is 801. The van der Waals surface area contributed by atoms with Gasteiger partial charge in [0.25, 0.3) is 11.8 Å². The molecule has 2 aromatic carbocycles. The summed E-state index contributed by atoms with van der Waals surface area (Å²) in [6.07, 6.45) is -0.495. The lowest BCUT2D eigenvalue weighted by Crippen LogP contribution is -2.44. The lowest BCUT2D eigenvalue weighted by molar-refractivity contribution is -0.125. The zero-order chi connectivity index (χ0) is 17.3. The number of hydrogen-bond acceptors (Lipinski definition) is 3. The van der Waals surface area contributed by atoms with Crippen molar-refractivity contribution in [2.24, 2.45) is 0 Å². The second-order valence-corrected chi connectivity index (χ2v) is 5.85. The molecule has 1 aliphatic rings. The average Bonchev–Trinajstić information content (AvgIpc) is 2.56. The molecular formula is C19H20N2O3. The average molecular weight is 324 g/mol. The van der Waals surface area contributed by atoms with E-state index in [4.69, 9.17) is 4.74 Å². The van der Waals surface area contributed by atoms with E-state index >= 15 is 0 Å². The number of nitrogens with one attached hydrogen (secondary N) is 1. The van der Waals surface area contributed by atoms with E-state index in [1.54, 1.807) is 36.1 Å². The fraction of sp³-hybridized carbons (Fsp3) is 0.263. The van der Waals surface area contributed by atoms with Crippen molar-refractivity contribution in [2.45, 2.75) is 26.9 Å². The Morgan fingerprint density at radius 2 is 2.04 bits per heavy atom. The van der Waals surface area contributed by atoms with E-state index in [1.165, 1.54) is 0 Å². The molecule has 24 heavy (non-hydrogen) atoms. The highest BCUT2D eigenvalue weighted by Gasteiger charge is 2.30. The largest absolute Gasteiger partial charge is 0.479 e. The Morgan fingerprint density at radius 1 is 1.25 bits per heavy atom. The number of nitrogens with zero attached hydrogens (tertiary/aromatic N) is 1. The van der Waals surface area contributed by atoms with Crippen molar-refractivity contribution in [3.05, 3.63) is 53.6 Å². The van der Waals surface area contributed by atoms with Gasteiger partial charge in [-0.05, 0) is 51.1 Å². The predicted octanol–water partition coefficient (Wildman–Crippen LogP) is 3.38. The van der Waals surface area contributed by atoms with Crippen LogP contribution in [-0.4, -0.2) is 24.5 Å². The van der Waals surface area contributed by atoms with Crippen molar-refractivity contribution in [3.8, 4) is 5.75 Å². The molecule has 0 saturated heterocycles. The molecule has 0 aliphatic carbocycles. The third-order valence-corrected chi connectivity index (χ3v) is 4.02. The van der Waals surface area contributed by atoms with Crippen LogP contribution in [0.3, 0.4) is 0 Å². The van der Waals surface area contributed by atoms with Gasteiger partial charge in [0.15, 0.2) is 6.10 Å². The second-order valence-electron chi connectivity index (χ2n) is 5.85. The predicted molar refractivity (Wildman–Crippen MR) is 93.7 cm³/mol. The minimum absolute atomic E-state index is 0.0767. The molecule has 1 N–H and O–H groups in total. The molecule has 2 aromatic rings. The number of likely N-dealkylation sites (N-methyl/N-ethyl adjacent to an activating group) is 1. The Morgan fingerprint density at radius 3 is 2.75 bits per heavy atom. The van der Waals surface area contributed by atoms with E-state index in [9.17, 15) is 9.59 Å². The maximum absolute atomic E-state index is 12.4. The van der Waals surface area contributed by atoms with Gasteiger partial charge < -0.3 is 15.0 Å². The van der Waals surface area contributed by atoms with E-state index in [2.05, 4.69) is 5.32 Å². The summed E-state index contributed by atoms with van der Waals surface area (Å²) in [5, 5.41) is 2.87. The summed E-state index contributed by atoms with van der Waals surface area (Å²) in [7, 11) is 0. The van der Waals surface area contributed by atoms with Gasteiger partial charge in [0.1, 0.15) is 5.75 Å². The summed E-state index contributed by atoms with van der Waals surface area (Å²) in [5.74, 6) is 0.391. The van der Waals surface area contributed by atoms with Crippen molar-refractivity contribution in [1.82, 2.24) is 0 Å². The quantitative estimate of drug-likeness (QED) is 0.941. The monoisotopic (exact) mass is 324 g/mol. The van der Waals surface area contributed by atoms with Crippen molar-refractivity contribution in [3.63, 3.8) is 0 Å². The van der Waals surface area contributed by atoms with Gasteiger partial charge in [-0.1, -0.05) is 17.7 Å². The van der Waals surface area contributed by atoms with Crippen LogP contribution in [0, 0.1) is 6.92 Å². The zero-order valence-electron chi connectivity index (χ0n) is 14.0. The first-order valence-electron chi connectivity index (χ1n) is 7.99. The molecular weight excluding hydrogens is 304 g/mol. The van der Waals surface area contributed by atoms with Crippen LogP contribution in [0.1, 0.15) is 29.8 Å². The first-order chi connectivity index (χ1) is 11.5. The van der Waals surface area contributed by atoms with Crippen LogP contribution in [0.25, 0.3) is 0 Å². The number of amides is 2. The standard InChI is InChI=1S/C19H20N2O3/c1-4-21-16-11-15(8-9-17(16)24-13(3)19(21)23)20-18(22)14-7-5-6-12(2)10-14/h5-11,13H,4H2,1-3H3,(H,20,22). The Labute approximate surface area is 141 Å². The number of rotatable bonds is 3. The van der Waals surface area contributed by atoms with Gasteiger partial charge >= 0.3 is 0 Å².